The second kappa shape index (κ2) is 8.10. The standard InChI is InChI=1S/C21H26N2O3S/c24-27(25,21-9-8-17-6-3-7-18(17)14-21)22-15-19-4-1-2-5-20(19)16-23-10-12-26-13-11-23/h1-2,4-5,8-9,14,22H,3,6-7,10-13,15-16H2/p+1. The number of quaternary nitrogens is 1. The minimum absolute atomic E-state index is 0.319. The number of hydrogen-bond acceptors (Lipinski definition) is 3. The SMILES string of the molecule is O=S(=O)(NCc1ccccc1C[NH+]1CCOCC1)c1ccc2c(c1)CCC2. The first-order valence-corrected chi connectivity index (χ1v) is 11.2. The molecule has 144 valence electrons. The van der Waals surface area contributed by atoms with Crippen molar-refractivity contribution in [2.75, 3.05) is 26.3 Å². The molecule has 0 radical (unpaired) electrons. The first-order valence-electron chi connectivity index (χ1n) is 9.71. The number of rotatable bonds is 6. The highest BCUT2D eigenvalue weighted by atomic mass is 32.2. The molecule has 1 aliphatic carbocycles. The zero-order valence-electron chi connectivity index (χ0n) is 15.5. The van der Waals surface area contributed by atoms with Crippen LogP contribution >= 0.6 is 0 Å². The maximum atomic E-state index is 12.8. The molecule has 5 nitrogen and oxygen atoms in total. The molecule has 27 heavy (non-hydrogen) atoms. The Morgan fingerprint density at radius 2 is 1.70 bits per heavy atom. The molecule has 0 atom stereocenters. The van der Waals surface area contributed by atoms with Crippen LogP contribution in [0, 0.1) is 0 Å². The van der Waals surface area contributed by atoms with Crippen LogP contribution in [0.25, 0.3) is 0 Å². The molecule has 1 aliphatic heterocycles. The third-order valence-electron chi connectivity index (χ3n) is 5.59. The molecule has 1 fully saturated rings. The predicted octanol–water partition coefficient (Wildman–Crippen LogP) is 1.07. The summed E-state index contributed by atoms with van der Waals surface area (Å²) in [5, 5.41) is 0. The van der Waals surface area contributed by atoms with Gasteiger partial charge in [-0.05, 0) is 48.1 Å². The van der Waals surface area contributed by atoms with Crippen molar-refractivity contribution in [1.82, 2.24) is 4.72 Å². The summed E-state index contributed by atoms with van der Waals surface area (Å²) in [5.74, 6) is 0. The van der Waals surface area contributed by atoms with E-state index in [-0.39, 0.29) is 0 Å². The molecule has 6 heteroatoms. The van der Waals surface area contributed by atoms with Crippen molar-refractivity contribution in [3.8, 4) is 0 Å². The fourth-order valence-electron chi connectivity index (χ4n) is 3.98. The van der Waals surface area contributed by atoms with Gasteiger partial charge in [-0.3, -0.25) is 0 Å². The summed E-state index contributed by atoms with van der Waals surface area (Å²) in [6.07, 6.45) is 3.15. The summed E-state index contributed by atoms with van der Waals surface area (Å²) in [4.78, 5) is 1.86. The Bertz CT molecular complexity index is 905. The Morgan fingerprint density at radius 1 is 0.963 bits per heavy atom. The van der Waals surface area contributed by atoms with Crippen LogP contribution in [0.1, 0.15) is 28.7 Å². The van der Waals surface area contributed by atoms with E-state index in [1.165, 1.54) is 21.6 Å². The number of hydrogen-bond donors (Lipinski definition) is 2. The average molecular weight is 388 g/mol. The van der Waals surface area contributed by atoms with Crippen molar-refractivity contribution < 1.29 is 18.1 Å². The lowest BCUT2D eigenvalue weighted by molar-refractivity contribution is -0.921. The van der Waals surface area contributed by atoms with Crippen LogP contribution in [0.15, 0.2) is 47.4 Å². The molecule has 0 spiro atoms. The van der Waals surface area contributed by atoms with E-state index in [9.17, 15) is 8.42 Å². The van der Waals surface area contributed by atoms with E-state index in [4.69, 9.17) is 4.74 Å². The van der Waals surface area contributed by atoms with E-state index in [0.29, 0.717) is 11.4 Å². The summed E-state index contributed by atoms with van der Waals surface area (Å²) in [5.41, 5.74) is 4.70. The second-order valence-corrected chi connectivity index (χ2v) is 9.18. The van der Waals surface area contributed by atoms with Crippen LogP contribution in [0.5, 0.6) is 0 Å². The Labute approximate surface area is 161 Å². The van der Waals surface area contributed by atoms with Crippen molar-refractivity contribution in [3.63, 3.8) is 0 Å². The van der Waals surface area contributed by atoms with Gasteiger partial charge in [-0.25, -0.2) is 13.1 Å². The summed E-state index contributed by atoms with van der Waals surface area (Å²) in [7, 11) is -3.51. The fourth-order valence-corrected chi connectivity index (χ4v) is 5.04. The van der Waals surface area contributed by atoms with Crippen molar-refractivity contribution >= 4 is 10.0 Å². The van der Waals surface area contributed by atoms with Gasteiger partial charge in [0.25, 0.3) is 0 Å². The van der Waals surface area contributed by atoms with Crippen molar-refractivity contribution in [2.45, 2.75) is 37.2 Å². The number of morpholine rings is 1. The maximum Gasteiger partial charge on any atom is 0.240 e. The zero-order valence-corrected chi connectivity index (χ0v) is 16.4. The first-order chi connectivity index (χ1) is 13.1. The highest BCUT2D eigenvalue weighted by Gasteiger charge is 2.20. The molecule has 0 aromatic heterocycles. The smallest absolute Gasteiger partial charge is 0.240 e. The van der Waals surface area contributed by atoms with Crippen LogP contribution in [0.3, 0.4) is 0 Å². The van der Waals surface area contributed by atoms with Gasteiger partial charge in [0.1, 0.15) is 19.6 Å². The summed E-state index contributed by atoms with van der Waals surface area (Å²) >= 11 is 0. The molecule has 2 aromatic carbocycles. The summed E-state index contributed by atoms with van der Waals surface area (Å²) in [6, 6.07) is 13.6. The minimum atomic E-state index is -3.51. The van der Waals surface area contributed by atoms with Crippen molar-refractivity contribution in [3.05, 3.63) is 64.7 Å². The number of ether oxygens (including phenoxy) is 1. The quantitative estimate of drug-likeness (QED) is 0.780. The molecule has 1 saturated heterocycles. The van der Waals surface area contributed by atoms with E-state index in [1.54, 1.807) is 6.07 Å². The van der Waals surface area contributed by atoms with Gasteiger partial charge in [0.2, 0.25) is 10.0 Å². The molecule has 0 saturated carbocycles. The molecule has 2 N–H and O–H groups in total. The van der Waals surface area contributed by atoms with E-state index < -0.39 is 10.0 Å². The van der Waals surface area contributed by atoms with E-state index in [2.05, 4.69) is 10.8 Å². The Balaban J connectivity index is 1.46. The molecule has 2 aliphatic rings. The second-order valence-electron chi connectivity index (χ2n) is 7.42. The summed E-state index contributed by atoms with van der Waals surface area (Å²) < 4.78 is 33.8. The normalized spacial score (nSPS) is 17.8. The van der Waals surface area contributed by atoms with Crippen LogP contribution in [0.4, 0.5) is 0 Å². The lowest BCUT2D eigenvalue weighted by atomic mass is 10.1. The average Bonchev–Trinajstić information content (AvgIpc) is 3.16. The Hall–Kier alpha value is -1.73. The van der Waals surface area contributed by atoms with Gasteiger partial charge in [-0.2, -0.15) is 0 Å². The largest absolute Gasteiger partial charge is 0.370 e. The number of aryl methyl sites for hydroxylation is 2. The Kier molecular flexibility index (Phi) is 5.59. The third kappa shape index (κ3) is 4.41. The molecular weight excluding hydrogens is 360 g/mol. The van der Waals surface area contributed by atoms with Gasteiger partial charge < -0.3 is 9.64 Å². The number of fused-ring (bicyclic) bond motifs is 1. The number of benzene rings is 2. The number of sulfonamides is 1. The molecular formula is C21H27N2O3S+. The fraction of sp³-hybridized carbons (Fsp3) is 0.429. The van der Waals surface area contributed by atoms with Gasteiger partial charge in [-0.1, -0.05) is 30.3 Å². The maximum absolute atomic E-state index is 12.8. The van der Waals surface area contributed by atoms with Gasteiger partial charge >= 0.3 is 0 Å². The Morgan fingerprint density at radius 3 is 2.52 bits per heavy atom. The van der Waals surface area contributed by atoms with Crippen LogP contribution in [0.2, 0.25) is 0 Å². The van der Waals surface area contributed by atoms with Crippen LogP contribution in [-0.4, -0.2) is 34.7 Å². The van der Waals surface area contributed by atoms with E-state index >= 15 is 0 Å². The van der Waals surface area contributed by atoms with Crippen LogP contribution in [-0.2, 0) is 40.7 Å². The van der Waals surface area contributed by atoms with Gasteiger partial charge in [-0.15, -0.1) is 0 Å². The molecule has 0 bridgehead atoms. The molecule has 0 unspecified atom stereocenters. The molecule has 2 aromatic rings. The lowest BCUT2D eigenvalue weighted by Crippen LogP contribution is -3.12. The first kappa shape index (κ1) is 18.6. The predicted molar refractivity (Wildman–Crippen MR) is 104 cm³/mol. The van der Waals surface area contributed by atoms with Gasteiger partial charge in [0.05, 0.1) is 18.1 Å². The molecule has 1 heterocycles. The number of nitrogens with one attached hydrogen (secondary N) is 2. The highest BCUT2D eigenvalue weighted by Crippen LogP contribution is 2.24. The van der Waals surface area contributed by atoms with Gasteiger partial charge in [0, 0.05) is 12.1 Å². The van der Waals surface area contributed by atoms with E-state index in [1.807, 2.05) is 30.3 Å². The highest BCUT2D eigenvalue weighted by molar-refractivity contribution is 7.89. The lowest BCUT2D eigenvalue weighted by Gasteiger charge is -2.24. The monoisotopic (exact) mass is 387 g/mol. The van der Waals surface area contributed by atoms with Crippen molar-refractivity contribution in [1.29, 1.82) is 0 Å². The zero-order chi connectivity index (χ0) is 18.7. The summed E-state index contributed by atoms with van der Waals surface area (Å²) in [6.45, 7) is 4.80. The molecule has 0 amide bonds. The van der Waals surface area contributed by atoms with Crippen LogP contribution < -0.4 is 9.62 Å². The molecule has 4 rings (SSSR count). The third-order valence-corrected chi connectivity index (χ3v) is 6.99. The van der Waals surface area contributed by atoms with Gasteiger partial charge in [0.15, 0.2) is 0 Å². The minimum Gasteiger partial charge on any atom is -0.370 e. The van der Waals surface area contributed by atoms with Crippen molar-refractivity contribution in [2.24, 2.45) is 0 Å². The van der Waals surface area contributed by atoms with E-state index in [0.717, 1.165) is 57.7 Å². The topological polar surface area (TPSA) is 59.8 Å².